The van der Waals surface area contributed by atoms with Gasteiger partial charge in [-0.15, -0.1) is 0 Å². The molecule has 0 bridgehead atoms. The average molecular weight is 793 g/mol. The number of benzene rings is 10. The monoisotopic (exact) mass is 792 g/mol. The maximum Gasteiger partial charge on any atom is -0.00261 e. The zero-order valence-corrected chi connectivity index (χ0v) is 35.6. The van der Waals surface area contributed by atoms with Gasteiger partial charge in [-0.2, -0.15) is 0 Å². The highest BCUT2D eigenvalue weighted by Crippen LogP contribution is 2.47. The van der Waals surface area contributed by atoms with E-state index in [9.17, 15) is 0 Å². The molecule has 0 heterocycles. The molecule has 62 heavy (non-hydrogen) atoms. The third-order valence-electron chi connectivity index (χ3n) is 13.4. The fourth-order valence-electron chi connectivity index (χ4n) is 10.2. The first kappa shape index (κ1) is 37.7. The molecule has 296 valence electrons. The molecule has 1 atom stereocenters. The first-order valence-corrected chi connectivity index (χ1v) is 22.2. The highest BCUT2D eigenvalue weighted by Gasteiger charge is 2.24. The lowest BCUT2D eigenvalue weighted by molar-refractivity contribution is 0.654. The minimum Gasteiger partial charge on any atom is -0.0648 e. The van der Waals surface area contributed by atoms with Gasteiger partial charge in [0.15, 0.2) is 0 Å². The van der Waals surface area contributed by atoms with Crippen molar-refractivity contribution in [2.24, 2.45) is 0 Å². The first-order valence-electron chi connectivity index (χ1n) is 22.2. The minimum atomic E-state index is 0.592. The molecule has 10 aromatic carbocycles. The number of aryl methyl sites for hydroxylation is 2. The Hall–Kier alpha value is -7.28. The van der Waals surface area contributed by atoms with Crippen LogP contribution in [0.25, 0.3) is 99.4 Å². The molecule has 0 fully saturated rings. The Kier molecular flexibility index (Phi) is 9.51. The molecule has 0 aliphatic heterocycles. The Morgan fingerprint density at radius 1 is 0.339 bits per heavy atom. The van der Waals surface area contributed by atoms with Crippen molar-refractivity contribution in [3.63, 3.8) is 0 Å². The molecule has 0 N–H and O–H groups in total. The Morgan fingerprint density at radius 3 is 1.34 bits per heavy atom. The van der Waals surface area contributed by atoms with Gasteiger partial charge in [0.25, 0.3) is 0 Å². The summed E-state index contributed by atoms with van der Waals surface area (Å²) in [6.07, 6.45) is 2.28. The van der Waals surface area contributed by atoms with E-state index in [1.54, 1.807) is 0 Å². The van der Waals surface area contributed by atoms with Gasteiger partial charge in [0.05, 0.1) is 0 Å². The maximum absolute atomic E-state index is 2.42. The Bertz CT molecular complexity index is 3290. The van der Waals surface area contributed by atoms with Crippen molar-refractivity contribution in [1.82, 2.24) is 0 Å². The van der Waals surface area contributed by atoms with Crippen LogP contribution in [-0.2, 0) is 6.42 Å². The fraction of sp³-hybridized carbons (Fsp3) is 0.0968. The van der Waals surface area contributed by atoms with Gasteiger partial charge in [0.2, 0.25) is 0 Å². The zero-order chi connectivity index (χ0) is 41.7. The second kappa shape index (κ2) is 15.6. The summed E-state index contributed by atoms with van der Waals surface area (Å²) in [5.74, 6) is 0.592. The summed E-state index contributed by atoms with van der Waals surface area (Å²) >= 11 is 0. The number of hydrogen-bond acceptors (Lipinski definition) is 0. The van der Waals surface area contributed by atoms with E-state index >= 15 is 0 Å². The predicted octanol–water partition coefficient (Wildman–Crippen LogP) is 17.3. The smallest absolute Gasteiger partial charge is 0.00261 e. The van der Waals surface area contributed by atoms with Crippen molar-refractivity contribution in [3.8, 4) is 77.9 Å². The molecular formula is C62H48. The lowest BCUT2D eigenvalue weighted by atomic mass is 9.77. The van der Waals surface area contributed by atoms with Crippen molar-refractivity contribution < 1.29 is 0 Å². The van der Waals surface area contributed by atoms with E-state index in [0.29, 0.717) is 5.92 Å². The van der Waals surface area contributed by atoms with E-state index in [1.807, 2.05) is 0 Å². The van der Waals surface area contributed by atoms with Crippen molar-refractivity contribution in [2.75, 3.05) is 0 Å². The number of fused-ring (bicyclic) bond motifs is 5. The predicted molar refractivity (Wildman–Crippen MR) is 266 cm³/mol. The summed E-state index contributed by atoms with van der Waals surface area (Å²) < 4.78 is 0. The summed E-state index contributed by atoms with van der Waals surface area (Å²) in [4.78, 5) is 0. The SMILES string of the molecule is CCC1Cc2ccc(-c3ccc(-c4ccc(-c5c6ccc(-c7cccc(C)c7)cc6c(-c6ccccc6)c6ccc(-c7cccc(C)c7)cc56)cc4)cc3)cc2-c2ccccc21. The van der Waals surface area contributed by atoms with Gasteiger partial charge < -0.3 is 0 Å². The standard InChI is InChI=1S/C62H48/c1-4-42-36-53-29-28-50(37-58(53)55-19-9-8-18-54(42)55)45-22-20-43(21-23-45)44-24-26-47(27-25-44)62-57-33-31-51(48-16-10-12-40(2)34-48)38-59(57)61(46-14-6-5-7-15-46)56-32-30-52(39-60(56)62)49-17-11-13-41(3)35-49/h5-35,37-39,42H,4,36H2,1-3H3. The third-order valence-corrected chi connectivity index (χ3v) is 13.4. The molecular weight excluding hydrogens is 745 g/mol. The summed E-state index contributed by atoms with van der Waals surface area (Å²) in [5, 5.41) is 5.03. The second-order valence-electron chi connectivity index (χ2n) is 17.3. The lowest BCUT2D eigenvalue weighted by Crippen LogP contribution is -2.10. The van der Waals surface area contributed by atoms with Crippen LogP contribution in [0.1, 0.15) is 41.5 Å². The van der Waals surface area contributed by atoms with Crippen LogP contribution in [0, 0.1) is 13.8 Å². The van der Waals surface area contributed by atoms with Crippen LogP contribution in [0.4, 0.5) is 0 Å². The van der Waals surface area contributed by atoms with E-state index < -0.39 is 0 Å². The van der Waals surface area contributed by atoms with E-state index in [1.165, 1.54) is 128 Å². The van der Waals surface area contributed by atoms with Crippen LogP contribution in [-0.4, -0.2) is 0 Å². The zero-order valence-electron chi connectivity index (χ0n) is 35.6. The van der Waals surface area contributed by atoms with Gasteiger partial charge in [0, 0.05) is 0 Å². The summed E-state index contributed by atoms with van der Waals surface area (Å²) in [7, 11) is 0. The molecule has 0 spiro atoms. The van der Waals surface area contributed by atoms with E-state index in [2.05, 4.69) is 227 Å². The van der Waals surface area contributed by atoms with Crippen molar-refractivity contribution >= 4 is 21.5 Å². The largest absolute Gasteiger partial charge is 0.0648 e. The molecule has 1 aliphatic rings. The van der Waals surface area contributed by atoms with Crippen LogP contribution in [0.15, 0.2) is 206 Å². The van der Waals surface area contributed by atoms with Crippen LogP contribution in [0.3, 0.4) is 0 Å². The average Bonchev–Trinajstić information content (AvgIpc) is 3.33. The number of hydrogen-bond donors (Lipinski definition) is 0. The van der Waals surface area contributed by atoms with Gasteiger partial charge >= 0.3 is 0 Å². The molecule has 0 heteroatoms. The van der Waals surface area contributed by atoms with Gasteiger partial charge in [0.1, 0.15) is 0 Å². The molecule has 0 saturated carbocycles. The summed E-state index contributed by atoms with van der Waals surface area (Å²) in [5.41, 5.74) is 23.1. The second-order valence-corrected chi connectivity index (χ2v) is 17.3. The molecule has 1 aliphatic carbocycles. The van der Waals surface area contributed by atoms with Gasteiger partial charge in [-0.1, -0.05) is 206 Å². The Morgan fingerprint density at radius 2 is 0.774 bits per heavy atom. The molecule has 11 rings (SSSR count). The highest BCUT2D eigenvalue weighted by molar-refractivity contribution is 6.22. The molecule has 0 aromatic heterocycles. The van der Waals surface area contributed by atoms with Crippen LogP contribution in [0.5, 0.6) is 0 Å². The van der Waals surface area contributed by atoms with Crippen molar-refractivity contribution in [1.29, 1.82) is 0 Å². The topological polar surface area (TPSA) is 0 Å². The van der Waals surface area contributed by atoms with E-state index in [-0.39, 0.29) is 0 Å². The first-order chi connectivity index (χ1) is 30.5. The molecule has 0 nitrogen and oxygen atoms in total. The molecule has 0 radical (unpaired) electrons. The van der Waals surface area contributed by atoms with E-state index in [4.69, 9.17) is 0 Å². The molecule has 0 amide bonds. The van der Waals surface area contributed by atoms with Crippen LogP contribution in [0.2, 0.25) is 0 Å². The third kappa shape index (κ3) is 6.73. The van der Waals surface area contributed by atoms with Crippen LogP contribution < -0.4 is 0 Å². The van der Waals surface area contributed by atoms with Crippen molar-refractivity contribution in [3.05, 3.63) is 229 Å². The maximum atomic E-state index is 2.42. The highest BCUT2D eigenvalue weighted by atomic mass is 14.3. The fourth-order valence-corrected chi connectivity index (χ4v) is 10.2. The van der Waals surface area contributed by atoms with Gasteiger partial charge in [-0.05, 0) is 161 Å². The van der Waals surface area contributed by atoms with Gasteiger partial charge in [-0.3, -0.25) is 0 Å². The summed E-state index contributed by atoms with van der Waals surface area (Å²) in [6, 6.07) is 77.3. The molecule has 1 unspecified atom stereocenters. The van der Waals surface area contributed by atoms with Gasteiger partial charge in [-0.25, -0.2) is 0 Å². The molecule has 0 saturated heterocycles. The normalized spacial score (nSPS) is 13.2. The number of rotatable bonds is 7. The van der Waals surface area contributed by atoms with E-state index in [0.717, 1.165) is 6.42 Å². The van der Waals surface area contributed by atoms with Crippen molar-refractivity contribution in [2.45, 2.75) is 39.5 Å². The quantitative estimate of drug-likeness (QED) is 0.141. The Labute approximate surface area is 365 Å². The Balaban J connectivity index is 1.03. The lowest BCUT2D eigenvalue weighted by Gasteiger charge is -2.27. The summed E-state index contributed by atoms with van der Waals surface area (Å²) in [6.45, 7) is 6.66. The minimum absolute atomic E-state index is 0.592. The molecule has 10 aromatic rings. The van der Waals surface area contributed by atoms with Crippen LogP contribution >= 0.6 is 0 Å².